The summed E-state index contributed by atoms with van der Waals surface area (Å²) < 4.78 is 6.22. The molecular formula is C11H12BrNO3. The Morgan fingerprint density at radius 2 is 2.50 bits per heavy atom. The highest BCUT2D eigenvalue weighted by atomic mass is 79.9. The van der Waals surface area contributed by atoms with Crippen LogP contribution < -0.4 is 4.74 Å². The summed E-state index contributed by atoms with van der Waals surface area (Å²) in [5.74, 6) is -0.298. The van der Waals surface area contributed by atoms with Gasteiger partial charge in [0.15, 0.2) is 5.75 Å². The molecule has 1 atom stereocenters. The third kappa shape index (κ3) is 4.44. The number of halogens is 1. The zero-order valence-corrected chi connectivity index (χ0v) is 10.3. The van der Waals surface area contributed by atoms with Gasteiger partial charge in [-0.15, -0.1) is 0 Å². The summed E-state index contributed by atoms with van der Waals surface area (Å²) in [6, 6.07) is 3.58. The second-order valence-electron chi connectivity index (χ2n) is 3.20. The van der Waals surface area contributed by atoms with Crippen LogP contribution in [0.5, 0.6) is 5.75 Å². The van der Waals surface area contributed by atoms with Crippen LogP contribution in [0, 0.1) is 0 Å². The van der Waals surface area contributed by atoms with E-state index in [2.05, 4.69) is 20.9 Å². The molecular weight excluding hydrogens is 274 g/mol. The molecule has 0 saturated heterocycles. The van der Waals surface area contributed by atoms with Gasteiger partial charge >= 0.3 is 5.97 Å². The van der Waals surface area contributed by atoms with Gasteiger partial charge in [0.1, 0.15) is 4.60 Å². The first-order valence-corrected chi connectivity index (χ1v) is 5.55. The Kier molecular flexibility index (Phi) is 4.98. The smallest absolute Gasteiger partial charge is 0.327 e. The van der Waals surface area contributed by atoms with E-state index in [-0.39, 0.29) is 6.10 Å². The van der Waals surface area contributed by atoms with Crippen molar-refractivity contribution in [1.82, 2.24) is 4.98 Å². The zero-order chi connectivity index (χ0) is 12.0. The monoisotopic (exact) mass is 285 g/mol. The Balaban J connectivity index is 2.49. The van der Waals surface area contributed by atoms with E-state index in [1.54, 1.807) is 24.4 Å². The van der Waals surface area contributed by atoms with Gasteiger partial charge in [0.25, 0.3) is 0 Å². The van der Waals surface area contributed by atoms with Gasteiger partial charge in [-0.1, -0.05) is 6.08 Å². The summed E-state index contributed by atoms with van der Waals surface area (Å²) in [7, 11) is 0. The molecule has 16 heavy (non-hydrogen) atoms. The van der Waals surface area contributed by atoms with Gasteiger partial charge in [-0.2, -0.15) is 0 Å². The van der Waals surface area contributed by atoms with Crippen LogP contribution in [-0.4, -0.2) is 22.2 Å². The summed E-state index contributed by atoms with van der Waals surface area (Å²) in [6.07, 6.45) is 4.77. The highest BCUT2D eigenvalue weighted by Crippen LogP contribution is 2.22. The molecule has 5 heteroatoms. The van der Waals surface area contributed by atoms with E-state index in [0.29, 0.717) is 16.8 Å². The fourth-order valence-electron chi connectivity index (χ4n) is 1.08. The molecule has 0 spiro atoms. The molecule has 1 unspecified atom stereocenters. The van der Waals surface area contributed by atoms with Crippen molar-refractivity contribution in [3.8, 4) is 5.75 Å². The van der Waals surface area contributed by atoms with E-state index in [1.165, 1.54) is 0 Å². The van der Waals surface area contributed by atoms with Crippen LogP contribution in [-0.2, 0) is 4.79 Å². The van der Waals surface area contributed by atoms with E-state index in [0.717, 1.165) is 6.08 Å². The lowest BCUT2D eigenvalue weighted by atomic mass is 10.2. The minimum atomic E-state index is -0.949. The second kappa shape index (κ2) is 6.27. The van der Waals surface area contributed by atoms with Crippen LogP contribution >= 0.6 is 15.9 Å². The van der Waals surface area contributed by atoms with Crippen LogP contribution in [0.4, 0.5) is 0 Å². The van der Waals surface area contributed by atoms with Crippen molar-refractivity contribution in [1.29, 1.82) is 0 Å². The van der Waals surface area contributed by atoms with Crippen molar-refractivity contribution in [3.63, 3.8) is 0 Å². The third-order valence-electron chi connectivity index (χ3n) is 1.78. The summed E-state index contributed by atoms with van der Waals surface area (Å²) in [5.41, 5.74) is 0. The zero-order valence-electron chi connectivity index (χ0n) is 8.76. The Morgan fingerprint density at radius 3 is 3.12 bits per heavy atom. The molecule has 0 aliphatic rings. The average molecular weight is 286 g/mol. The van der Waals surface area contributed by atoms with Crippen molar-refractivity contribution >= 4 is 21.9 Å². The van der Waals surface area contributed by atoms with Crippen LogP contribution in [0.3, 0.4) is 0 Å². The molecule has 1 N–H and O–H groups in total. The Bertz CT molecular complexity index is 393. The average Bonchev–Trinajstić information content (AvgIpc) is 2.21. The first kappa shape index (κ1) is 12.7. The van der Waals surface area contributed by atoms with E-state index in [4.69, 9.17) is 9.84 Å². The number of carbonyl (C=O) groups is 1. The molecule has 0 bridgehead atoms. The van der Waals surface area contributed by atoms with Crippen LogP contribution in [0.1, 0.15) is 13.3 Å². The number of hydrogen-bond acceptors (Lipinski definition) is 3. The van der Waals surface area contributed by atoms with Crippen molar-refractivity contribution in [3.05, 3.63) is 35.1 Å². The number of carboxylic acids is 1. The highest BCUT2D eigenvalue weighted by Gasteiger charge is 2.05. The van der Waals surface area contributed by atoms with E-state index in [1.807, 2.05) is 6.92 Å². The fraction of sp³-hybridized carbons (Fsp3) is 0.273. The Hall–Kier alpha value is -1.36. The minimum Gasteiger partial charge on any atom is -0.488 e. The molecule has 1 aromatic heterocycles. The molecule has 0 aliphatic heterocycles. The molecule has 1 heterocycles. The van der Waals surface area contributed by atoms with Gasteiger partial charge in [-0.3, -0.25) is 0 Å². The standard InChI is InChI=1S/C11H12BrNO3/c1-8(4-2-6-10(14)15)16-9-5-3-7-13-11(9)12/h2-3,5-8H,4H2,1H3,(H,14,15)/b6-2+. The van der Waals surface area contributed by atoms with Crippen molar-refractivity contribution in [2.75, 3.05) is 0 Å². The molecule has 0 aromatic carbocycles. The number of pyridine rings is 1. The molecule has 0 radical (unpaired) electrons. The molecule has 0 aliphatic carbocycles. The Labute approximate surface area is 102 Å². The maximum absolute atomic E-state index is 10.2. The Morgan fingerprint density at radius 1 is 1.75 bits per heavy atom. The largest absolute Gasteiger partial charge is 0.488 e. The number of ether oxygens (including phenoxy) is 1. The number of rotatable bonds is 5. The van der Waals surface area contributed by atoms with Crippen molar-refractivity contribution in [2.45, 2.75) is 19.4 Å². The van der Waals surface area contributed by atoms with Gasteiger partial charge in [0.05, 0.1) is 6.10 Å². The molecule has 86 valence electrons. The topological polar surface area (TPSA) is 59.4 Å². The molecule has 1 aromatic rings. The van der Waals surface area contributed by atoms with Crippen molar-refractivity contribution < 1.29 is 14.6 Å². The van der Waals surface area contributed by atoms with E-state index < -0.39 is 5.97 Å². The summed E-state index contributed by atoms with van der Waals surface area (Å²) in [4.78, 5) is 14.3. The lowest BCUT2D eigenvalue weighted by Gasteiger charge is -2.13. The van der Waals surface area contributed by atoms with Crippen molar-refractivity contribution in [2.24, 2.45) is 0 Å². The summed E-state index contributed by atoms with van der Waals surface area (Å²) in [5, 5.41) is 8.42. The SMILES string of the molecule is CC(C/C=C/C(=O)O)Oc1cccnc1Br. The maximum atomic E-state index is 10.2. The lowest BCUT2D eigenvalue weighted by Crippen LogP contribution is -2.11. The van der Waals surface area contributed by atoms with Gasteiger partial charge in [0.2, 0.25) is 0 Å². The van der Waals surface area contributed by atoms with Gasteiger partial charge in [-0.05, 0) is 35.0 Å². The van der Waals surface area contributed by atoms with Gasteiger partial charge in [-0.25, -0.2) is 9.78 Å². The van der Waals surface area contributed by atoms with Crippen LogP contribution in [0.25, 0.3) is 0 Å². The quantitative estimate of drug-likeness (QED) is 0.667. The number of nitrogens with zero attached hydrogens (tertiary/aromatic N) is 1. The number of aromatic nitrogens is 1. The first-order chi connectivity index (χ1) is 7.59. The lowest BCUT2D eigenvalue weighted by molar-refractivity contribution is -0.131. The first-order valence-electron chi connectivity index (χ1n) is 4.76. The fourth-order valence-corrected chi connectivity index (χ4v) is 1.43. The molecule has 0 saturated carbocycles. The second-order valence-corrected chi connectivity index (χ2v) is 3.95. The third-order valence-corrected chi connectivity index (χ3v) is 2.38. The minimum absolute atomic E-state index is 0.101. The predicted octanol–water partition coefficient (Wildman–Crippen LogP) is 2.64. The molecule has 0 amide bonds. The van der Waals surface area contributed by atoms with Crippen LogP contribution in [0.2, 0.25) is 0 Å². The molecule has 1 rings (SSSR count). The maximum Gasteiger partial charge on any atom is 0.327 e. The molecule has 0 fully saturated rings. The molecule has 4 nitrogen and oxygen atoms in total. The normalized spacial score (nSPS) is 12.6. The summed E-state index contributed by atoms with van der Waals surface area (Å²) >= 11 is 3.27. The predicted molar refractivity (Wildman–Crippen MR) is 63.4 cm³/mol. The van der Waals surface area contributed by atoms with E-state index in [9.17, 15) is 4.79 Å². The number of hydrogen-bond donors (Lipinski definition) is 1. The highest BCUT2D eigenvalue weighted by molar-refractivity contribution is 9.10. The number of carboxylic acid groups (broad SMARTS) is 1. The van der Waals surface area contributed by atoms with Gasteiger partial charge < -0.3 is 9.84 Å². The summed E-state index contributed by atoms with van der Waals surface area (Å²) in [6.45, 7) is 1.87. The van der Waals surface area contributed by atoms with Crippen LogP contribution in [0.15, 0.2) is 35.1 Å². The van der Waals surface area contributed by atoms with Gasteiger partial charge in [0, 0.05) is 18.7 Å². The van der Waals surface area contributed by atoms with E-state index >= 15 is 0 Å². The number of aliphatic carboxylic acids is 1.